The lowest BCUT2D eigenvalue weighted by atomic mass is 10.2. The summed E-state index contributed by atoms with van der Waals surface area (Å²) in [6.45, 7) is 8.42. The molecule has 1 N–H and O–H groups in total. The molecule has 24 heavy (non-hydrogen) atoms. The van der Waals surface area contributed by atoms with E-state index in [9.17, 15) is 4.79 Å². The Morgan fingerprint density at radius 1 is 1.21 bits per heavy atom. The van der Waals surface area contributed by atoms with E-state index < -0.39 is 0 Å². The third-order valence-corrected chi connectivity index (χ3v) is 4.35. The molecule has 0 unspecified atom stereocenters. The summed E-state index contributed by atoms with van der Waals surface area (Å²) in [6, 6.07) is 9.70. The van der Waals surface area contributed by atoms with Crippen LogP contribution >= 0.6 is 0 Å². The van der Waals surface area contributed by atoms with Gasteiger partial charge in [-0.3, -0.25) is 4.79 Å². The minimum absolute atomic E-state index is 0.101. The Morgan fingerprint density at radius 2 is 1.88 bits per heavy atom. The maximum absolute atomic E-state index is 12.6. The Morgan fingerprint density at radius 3 is 2.54 bits per heavy atom. The molecule has 2 aromatic rings. The van der Waals surface area contributed by atoms with Crippen molar-refractivity contribution in [1.82, 2.24) is 14.7 Å². The number of hydrogen-bond donors (Lipinski definition) is 1. The van der Waals surface area contributed by atoms with Crippen LogP contribution in [0.4, 0.5) is 5.69 Å². The molecule has 1 aliphatic heterocycles. The Hall–Kier alpha value is -2.34. The fraction of sp³-hybridized carbons (Fsp3) is 0.444. The van der Waals surface area contributed by atoms with E-state index in [0.717, 1.165) is 22.8 Å². The number of ether oxygens (including phenoxy) is 1. The summed E-state index contributed by atoms with van der Waals surface area (Å²) in [6.07, 6.45) is 0. The maximum Gasteiger partial charge on any atom is 0.244 e. The molecule has 6 nitrogen and oxygen atoms in total. The zero-order valence-electron chi connectivity index (χ0n) is 14.5. The number of aryl methyl sites for hydroxylation is 1. The van der Waals surface area contributed by atoms with Gasteiger partial charge in [0.05, 0.1) is 36.0 Å². The maximum atomic E-state index is 12.6. The van der Waals surface area contributed by atoms with Crippen molar-refractivity contribution in [2.45, 2.75) is 26.8 Å². The van der Waals surface area contributed by atoms with Crippen molar-refractivity contribution in [2.24, 2.45) is 0 Å². The summed E-state index contributed by atoms with van der Waals surface area (Å²) in [5.41, 5.74) is 3.82. The number of amides is 1. The van der Waals surface area contributed by atoms with Gasteiger partial charge in [0.1, 0.15) is 6.04 Å². The van der Waals surface area contributed by atoms with Crippen LogP contribution in [0.25, 0.3) is 5.69 Å². The van der Waals surface area contributed by atoms with Gasteiger partial charge in [0.15, 0.2) is 0 Å². The van der Waals surface area contributed by atoms with Gasteiger partial charge in [-0.15, -0.1) is 0 Å². The van der Waals surface area contributed by atoms with Gasteiger partial charge in [-0.05, 0) is 32.9 Å². The van der Waals surface area contributed by atoms with E-state index in [4.69, 9.17) is 4.74 Å². The van der Waals surface area contributed by atoms with Crippen LogP contribution in [0.5, 0.6) is 0 Å². The first kappa shape index (κ1) is 16.5. The van der Waals surface area contributed by atoms with Gasteiger partial charge in [-0.1, -0.05) is 18.2 Å². The predicted octanol–water partition coefficient (Wildman–Crippen LogP) is 2.15. The molecule has 128 valence electrons. The Bertz CT molecular complexity index is 705. The van der Waals surface area contributed by atoms with E-state index in [0.29, 0.717) is 26.3 Å². The van der Waals surface area contributed by atoms with Gasteiger partial charge in [0.25, 0.3) is 0 Å². The highest BCUT2D eigenvalue weighted by Crippen LogP contribution is 2.23. The van der Waals surface area contributed by atoms with Gasteiger partial charge in [-0.25, -0.2) is 4.68 Å². The standard InChI is InChI=1S/C18H24N4O2/c1-13-17(15(3)22(20-13)16-7-5-4-6-8-16)19-14(2)18(23)21-9-11-24-12-10-21/h4-8,14,19H,9-12H2,1-3H3/t14-/m1/s1. The number of aromatic nitrogens is 2. The molecule has 0 spiro atoms. The van der Waals surface area contributed by atoms with Crippen molar-refractivity contribution in [3.05, 3.63) is 41.7 Å². The van der Waals surface area contributed by atoms with Crippen LogP contribution in [-0.2, 0) is 9.53 Å². The lowest BCUT2D eigenvalue weighted by Crippen LogP contribution is -2.47. The first-order chi connectivity index (χ1) is 11.6. The van der Waals surface area contributed by atoms with Crippen molar-refractivity contribution < 1.29 is 9.53 Å². The highest BCUT2D eigenvalue weighted by atomic mass is 16.5. The monoisotopic (exact) mass is 328 g/mol. The molecule has 1 amide bonds. The molecule has 2 heterocycles. The summed E-state index contributed by atoms with van der Waals surface area (Å²) in [5.74, 6) is 0.101. The van der Waals surface area contributed by atoms with Crippen molar-refractivity contribution >= 4 is 11.6 Å². The second-order valence-electron chi connectivity index (χ2n) is 6.10. The van der Waals surface area contributed by atoms with Gasteiger partial charge in [0.2, 0.25) is 5.91 Å². The topological polar surface area (TPSA) is 59.4 Å². The quantitative estimate of drug-likeness (QED) is 0.934. The van der Waals surface area contributed by atoms with E-state index >= 15 is 0 Å². The van der Waals surface area contributed by atoms with Gasteiger partial charge in [0, 0.05) is 13.1 Å². The number of para-hydroxylation sites is 1. The molecule has 1 aromatic heterocycles. The first-order valence-electron chi connectivity index (χ1n) is 8.32. The summed E-state index contributed by atoms with van der Waals surface area (Å²) in [5, 5.41) is 7.96. The number of anilines is 1. The zero-order valence-corrected chi connectivity index (χ0v) is 14.5. The van der Waals surface area contributed by atoms with Gasteiger partial charge >= 0.3 is 0 Å². The normalized spacial score (nSPS) is 16.0. The molecule has 1 atom stereocenters. The number of carbonyl (C=O) groups is 1. The third kappa shape index (κ3) is 3.28. The molecule has 3 rings (SSSR count). The summed E-state index contributed by atoms with van der Waals surface area (Å²) in [7, 11) is 0. The van der Waals surface area contributed by atoms with Crippen LogP contribution in [0, 0.1) is 13.8 Å². The van der Waals surface area contributed by atoms with Crippen molar-refractivity contribution in [1.29, 1.82) is 0 Å². The van der Waals surface area contributed by atoms with Crippen LogP contribution in [-0.4, -0.2) is 52.9 Å². The van der Waals surface area contributed by atoms with E-state index in [1.807, 2.05) is 60.7 Å². The van der Waals surface area contributed by atoms with Crippen molar-refractivity contribution in [3.63, 3.8) is 0 Å². The fourth-order valence-electron chi connectivity index (χ4n) is 3.01. The smallest absolute Gasteiger partial charge is 0.244 e. The van der Waals surface area contributed by atoms with Crippen molar-refractivity contribution in [3.8, 4) is 5.69 Å². The minimum Gasteiger partial charge on any atom is -0.378 e. The summed E-state index contributed by atoms with van der Waals surface area (Å²) < 4.78 is 7.22. The van der Waals surface area contributed by atoms with Crippen LogP contribution in [0.2, 0.25) is 0 Å². The average Bonchev–Trinajstić information content (AvgIpc) is 2.90. The van der Waals surface area contributed by atoms with Crippen LogP contribution in [0.15, 0.2) is 30.3 Å². The molecular weight excluding hydrogens is 304 g/mol. The Kier molecular flexibility index (Phi) is 4.85. The lowest BCUT2D eigenvalue weighted by Gasteiger charge is -2.29. The molecular formula is C18H24N4O2. The minimum atomic E-state index is -0.297. The number of nitrogens with one attached hydrogen (secondary N) is 1. The zero-order chi connectivity index (χ0) is 17.1. The molecule has 1 aromatic carbocycles. The molecule has 0 radical (unpaired) electrons. The number of carbonyl (C=O) groups excluding carboxylic acids is 1. The SMILES string of the molecule is Cc1nn(-c2ccccc2)c(C)c1N[C@H](C)C(=O)N1CCOCC1. The molecule has 0 aliphatic carbocycles. The van der Waals surface area contributed by atoms with Crippen molar-refractivity contribution in [2.75, 3.05) is 31.6 Å². The predicted molar refractivity (Wildman–Crippen MR) is 93.5 cm³/mol. The lowest BCUT2D eigenvalue weighted by molar-refractivity contribution is -0.135. The molecule has 6 heteroatoms. The molecule has 1 aliphatic rings. The number of morpholine rings is 1. The largest absolute Gasteiger partial charge is 0.378 e. The number of rotatable bonds is 4. The van der Waals surface area contributed by atoms with E-state index in [2.05, 4.69) is 10.4 Å². The van der Waals surface area contributed by atoms with Crippen LogP contribution in [0.3, 0.4) is 0 Å². The van der Waals surface area contributed by atoms with E-state index in [1.54, 1.807) is 0 Å². The number of benzene rings is 1. The molecule has 0 bridgehead atoms. The van der Waals surface area contributed by atoms with E-state index in [-0.39, 0.29) is 11.9 Å². The Balaban J connectivity index is 1.77. The van der Waals surface area contributed by atoms with E-state index in [1.165, 1.54) is 0 Å². The highest BCUT2D eigenvalue weighted by molar-refractivity contribution is 5.84. The summed E-state index contributed by atoms with van der Waals surface area (Å²) in [4.78, 5) is 14.4. The second-order valence-corrected chi connectivity index (χ2v) is 6.10. The van der Waals surface area contributed by atoms with Crippen LogP contribution in [0.1, 0.15) is 18.3 Å². The number of nitrogens with zero attached hydrogens (tertiary/aromatic N) is 3. The highest BCUT2D eigenvalue weighted by Gasteiger charge is 2.24. The Labute approximate surface area is 142 Å². The summed E-state index contributed by atoms with van der Waals surface area (Å²) >= 11 is 0. The third-order valence-electron chi connectivity index (χ3n) is 4.35. The molecule has 0 saturated carbocycles. The van der Waals surface area contributed by atoms with Gasteiger partial charge in [-0.2, -0.15) is 5.10 Å². The first-order valence-corrected chi connectivity index (χ1v) is 8.32. The average molecular weight is 328 g/mol. The van der Waals surface area contributed by atoms with Crippen LogP contribution < -0.4 is 5.32 Å². The number of hydrogen-bond acceptors (Lipinski definition) is 4. The second kappa shape index (κ2) is 7.05. The molecule has 1 saturated heterocycles. The van der Waals surface area contributed by atoms with Gasteiger partial charge < -0.3 is 15.0 Å². The molecule has 1 fully saturated rings. The fourth-order valence-corrected chi connectivity index (χ4v) is 3.01.